The number of rotatable bonds is 1. The van der Waals surface area contributed by atoms with Crippen LogP contribution in [0.4, 0.5) is 13.2 Å². The second kappa shape index (κ2) is 6.77. The molecule has 0 unspecified atom stereocenters. The molecule has 0 fully saturated rings. The molecular weight excluding hydrogens is 243 g/mol. The van der Waals surface area contributed by atoms with E-state index < -0.39 is 12.1 Å². The van der Waals surface area contributed by atoms with Crippen LogP contribution in [0.25, 0.3) is 0 Å². The minimum Gasteiger partial charge on any atom is -1.00 e. The zero-order chi connectivity index (χ0) is 9.90. The van der Waals surface area contributed by atoms with Crippen molar-refractivity contribution < 1.29 is 30.3 Å². The molecule has 0 radical (unpaired) electrons. The van der Waals surface area contributed by atoms with Gasteiger partial charge in [0.05, 0.1) is 6.07 Å². The van der Waals surface area contributed by atoms with Gasteiger partial charge in [0.15, 0.2) is 0 Å². The molecule has 76 valence electrons. The molecule has 0 saturated heterocycles. The standard InChI is InChI=1S/C8H3F3NO.ClH.Mg/c9-8(10,11)13-7-4-2-1-3-6(7)5-12;;/h1,3-4H;1H;/q-1;;+2/p-1. The van der Waals surface area contributed by atoms with E-state index in [1.165, 1.54) is 12.1 Å². The Morgan fingerprint density at radius 1 is 1.40 bits per heavy atom. The Kier molecular flexibility index (Phi) is 7.57. The molecule has 15 heavy (non-hydrogen) atoms. The molecular formula is C8H3ClF3MgNO. The molecule has 7 heteroatoms. The molecule has 0 atom stereocenters. The quantitative estimate of drug-likeness (QED) is 0.464. The van der Waals surface area contributed by atoms with Crippen LogP contribution in [-0.4, -0.2) is 29.4 Å². The van der Waals surface area contributed by atoms with Crippen LogP contribution in [0.3, 0.4) is 0 Å². The van der Waals surface area contributed by atoms with Gasteiger partial charge in [-0.1, -0.05) is 0 Å². The number of ether oxygens (including phenoxy) is 1. The Morgan fingerprint density at radius 2 is 2.00 bits per heavy atom. The van der Waals surface area contributed by atoms with Gasteiger partial charge in [0, 0.05) is 5.75 Å². The van der Waals surface area contributed by atoms with Crippen molar-refractivity contribution in [2.75, 3.05) is 0 Å². The molecule has 2 nitrogen and oxygen atoms in total. The monoisotopic (exact) mass is 245 g/mol. The summed E-state index contributed by atoms with van der Waals surface area (Å²) in [6.07, 6.45) is -4.78. The number of alkyl halides is 3. The maximum Gasteiger partial charge on any atom is 2.00 e. The van der Waals surface area contributed by atoms with Crippen molar-refractivity contribution in [2.24, 2.45) is 0 Å². The normalized spacial score (nSPS) is 9.20. The first-order chi connectivity index (χ1) is 6.03. The largest absolute Gasteiger partial charge is 2.00 e. The van der Waals surface area contributed by atoms with E-state index in [9.17, 15) is 13.2 Å². The Labute approximate surface area is 107 Å². The van der Waals surface area contributed by atoms with Crippen LogP contribution in [0.2, 0.25) is 0 Å². The number of hydrogen-bond acceptors (Lipinski definition) is 2. The molecule has 1 rings (SSSR count). The van der Waals surface area contributed by atoms with E-state index in [-0.39, 0.29) is 41.0 Å². The first kappa shape index (κ1) is 16.8. The van der Waals surface area contributed by atoms with Gasteiger partial charge >= 0.3 is 29.4 Å². The van der Waals surface area contributed by atoms with Gasteiger partial charge in [-0.3, -0.25) is 0 Å². The fraction of sp³-hybridized carbons (Fsp3) is 0.125. The number of nitriles is 1. The Hall–Kier alpha value is -0.644. The minimum atomic E-state index is -4.78. The van der Waals surface area contributed by atoms with Crippen LogP contribution in [0, 0.1) is 17.4 Å². The first-order valence-corrected chi connectivity index (χ1v) is 3.19. The van der Waals surface area contributed by atoms with Gasteiger partial charge in [-0.15, -0.1) is 25.3 Å². The summed E-state index contributed by atoms with van der Waals surface area (Å²) >= 11 is 0. The number of nitrogens with zero attached hydrogens (tertiary/aromatic N) is 1. The molecule has 1 aromatic rings. The number of benzene rings is 1. The summed E-state index contributed by atoms with van der Waals surface area (Å²) in [5.74, 6) is -0.530. The van der Waals surface area contributed by atoms with Crippen molar-refractivity contribution >= 4 is 23.1 Å². The third-order valence-corrected chi connectivity index (χ3v) is 1.17. The molecule has 0 aliphatic heterocycles. The predicted octanol–water partition coefficient (Wildman–Crippen LogP) is -1.12. The molecule has 0 bridgehead atoms. The molecule has 1 aromatic carbocycles. The van der Waals surface area contributed by atoms with Gasteiger partial charge in [-0.2, -0.15) is 17.4 Å². The second-order valence-electron chi connectivity index (χ2n) is 2.08. The van der Waals surface area contributed by atoms with Gasteiger partial charge < -0.3 is 17.1 Å². The first-order valence-electron chi connectivity index (χ1n) is 3.19. The van der Waals surface area contributed by atoms with Crippen molar-refractivity contribution in [2.45, 2.75) is 6.36 Å². The summed E-state index contributed by atoms with van der Waals surface area (Å²) in [6, 6.07) is 7.45. The van der Waals surface area contributed by atoms with E-state index in [0.717, 1.165) is 6.07 Å². The maximum atomic E-state index is 11.7. The molecule has 0 N–H and O–H groups in total. The zero-order valence-electron chi connectivity index (χ0n) is 7.31. The van der Waals surface area contributed by atoms with Gasteiger partial charge in [-0.05, 0) is 5.56 Å². The van der Waals surface area contributed by atoms with Gasteiger partial charge in [0.1, 0.15) is 0 Å². The van der Waals surface area contributed by atoms with E-state index in [1.54, 1.807) is 6.07 Å². The minimum absolute atomic E-state index is 0. The maximum absolute atomic E-state index is 11.7. The van der Waals surface area contributed by atoms with Gasteiger partial charge in [-0.25, -0.2) is 0 Å². The SMILES string of the molecule is N#Cc1cc[c-]cc1OC(F)(F)F.[Cl-].[Mg+2]. The van der Waals surface area contributed by atoms with Crippen molar-refractivity contribution in [1.82, 2.24) is 0 Å². The third kappa shape index (κ3) is 5.72. The van der Waals surface area contributed by atoms with E-state index in [1.807, 2.05) is 0 Å². The molecule has 0 aromatic heterocycles. The Balaban J connectivity index is 0. The average molecular weight is 246 g/mol. The summed E-state index contributed by atoms with van der Waals surface area (Å²) in [5, 5.41) is 8.40. The topological polar surface area (TPSA) is 33.0 Å². The summed E-state index contributed by atoms with van der Waals surface area (Å²) in [5.41, 5.74) is -0.170. The zero-order valence-corrected chi connectivity index (χ0v) is 9.48. The van der Waals surface area contributed by atoms with Crippen LogP contribution in [0.5, 0.6) is 5.75 Å². The predicted molar refractivity (Wildman–Crippen MR) is 42.4 cm³/mol. The van der Waals surface area contributed by atoms with Crippen LogP contribution in [0.15, 0.2) is 18.2 Å². The van der Waals surface area contributed by atoms with Gasteiger partial charge in [0.25, 0.3) is 0 Å². The van der Waals surface area contributed by atoms with Crippen molar-refractivity contribution in [3.05, 3.63) is 29.8 Å². The third-order valence-electron chi connectivity index (χ3n) is 1.17. The summed E-state index contributed by atoms with van der Waals surface area (Å²) in [6.45, 7) is 0. The Bertz CT molecular complexity index is 350. The van der Waals surface area contributed by atoms with Crippen LogP contribution in [-0.2, 0) is 0 Å². The summed E-state index contributed by atoms with van der Waals surface area (Å²) in [7, 11) is 0. The summed E-state index contributed by atoms with van der Waals surface area (Å²) in [4.78, 5) is 0. The molecule has 0 saturated carbocycles. The number of halogens is 4. The van der Waals surface area contributed by atoms with E-state index in [2.05, 4.69) is 10.8 Å². The van der Waals surface area contributed by atoms with Crippen molar-refractivity contribution in [3.63, 3.8) is 0 Å². The molecule has 0 heterocycles. The van der Waals surface area contributed by atoms with Crippen LogP contribution < -0.4 is 17.1 Å². The van der Waals surface area contributed by atoms with Crippen molar-refractivity contribution in [3.8, 4) is 11.8 Å². The summed E-state index contributed by atoms with van der Waals surface area (Å²) < 4.78 is 38.7. The van der Waals surface area contributed by atoms with E-state index >= 15 is 0 Å². The van der Waals surface area contributed by atoms with Crippen LogP contribution in [0.1, 0.15) is 5.56 Å². The molecule has 0 amide bonds. The number of hydrogen-bond donors (Lipinski definition) is 0. The second-order valence-corrected chi connectivity index (χ2v) is 2.08. The fourth-order valence-corrected chi connectivity index (χ4v) is 0.717. The smallest absolute Gasteiger partial charge is 1.00 e. The van der Waals surface area contributed by atoms with E-state index in [0.29, 0.717) is 0 Å². The average Bonchev–Trinajstić information content (AvgIpc) is 2.02. The van der Waals surface area contributed by atoms with Gasteiger partial charge in [0.2, 0.25) is 0 Å². The van der Waals surface area contributed by atoms with Crippen molar-refractivity contribution in [1.29, 1.82) is 5.26 Å². The molecule has 0 aliphatic rings. The Morgan fingerprint density at radius 3 is 2.47 bits per heavy atom. The van der Waals surface area contributed by atoms with Crippen LogP contribution >= 0.6 is 0 Å². The fourth-order valence-electron chi connectivity index (χ4n) is 0.717. The molecule has 0 aliphatic carbocycles. The van der Waals surface area contributed by atoms with E-state index in [4.69, 9.17) is 5.26 Å². The molecule has 0 spiro atoms.